The van der Waals surface area contributed by atoms with Crippen molar-refractivity contribution in [2.45, 2.75) is 35.3 Å². The lowest BCUT2D eigenvalue weighted by Crippen LogP contribution is -2.42. The molecule has 2 aromatic rings. The van der Waals surface area contributed by atoms with Gasteiger partial charge in [0.25, 0.3) is 0 Å². The van der Waals surface area contributed by atoms with Crippen LogP contribution >= 0.6 is 11.8 Å². The van der Waals surface area contributed by atoms with Gasteiger partial charge in [0.15, 0.2) is 0 Å². The smallest absolute Gasteiger partial charge is 0.0843 e. The fourth-order valence-corrected chi connectivity index (χ4v) is 3.99. The number of hydrogen-bond acceptors (Lipinski definition) is 5. The van der Waals surface area contributed by atoms with Crippen molar-refractivity contribution in [2.75, 3.05) is 24.6 Å². The first-order valence-electron chi connectivity index (χ1n) is 8.38. The van der Waals surface area contributed by atoms with Gasteiger partial charge in [0, 0.05) is 22.4 Å². The van der Waals surface area contributed by atoms with Crippen LogP contribution in [0.15, 0.2) is 58.3 Å². The molecule has 24 heavy (non-hydrogen) atoms. The molecule has 2 unspecified atom stereocenters. The summed E-state index contributed by atoms with van der Waals surface area (Å²) in [5, 5.41) is 23.0. The molecule has 4 nitrogen and oxygen atoms in total. The quantitative estimate of drug-likeness (QED) is 0.721. The standard InChI is InChI=1S/C19H24N2O2S/c1-2-14(13-22)20-11-15(23)12-21-16-7-3-5-9-18(16)24-19-10-6-4-8-17(19)21/h3-10,14-15,20,22-23H,2,11-13H2,1H3. The molecule has 3 rings (SSSR count). The van der Waals surface area contributed by atoms with E-state index in [0.29, 0.717) is 13.1 Å². The predicted octanol–water partition coefficient (Wildman–Crippen LogP) is 3.01. The van der Waals surface area contributed by atoms with Crippen LogP contribution in [0.5, 0.6) is 0 Å². The molecule has 0 spiro atoms. The van der Waals surface area contributed by atoms with Crippen molar-refractivity contribution >= 4 is 23.1 Å². The van der Waals surface area contributed by atoms with Crippen LogP contribution in [0.2, 0.25) is 0 Å². The van der Waals surface area contributed by atoms with Gasteiger partial charge in [-0.3, -0.25) is 0 Å². The Bertz CT molecular complexity index is 630. The lowest BCUT2D eigenvalue weighted by molar-refractivity contribution is 0.162. The number of aliphatic hydroxyl groups is 2. The summed E-state index contributed by atoms with van der Waals surface area (Å²) in [5.41, 5.74) is 2.27. The zero-order chi connectivity index (χ0) is 16.9. The van der Waals surface area contributed by atoms with Crippen molar-refractivity contribution in [2.24, 2.45) is 0 Å². The highest BCUT2D eigenvalue weighted by molar-refractivity contribution is 7.99. The second-order valence-corrected chi connectivity index (χ2v) is 7.08. The van der Waals surface area contributed by atoms with Gasteiger partial charge in [0.1, 0.15) is 0 Å². The summed E-state index contributed by atoms with van der Waals surface area (Å²) in [6, 6.07) is 16.6. The van der Waals surface area contributed by atoms with Crippen LogP contribution in [0.3, 0.4) is 0 Å². The molecule has 1 aliphatic heterocycles. The molecule has 0 aliphatic carbocycles. The number of aliphatic hydroxyl groups excluding tert-OH is 2. The van der Waals surface area contributed by atoms with Crippen LogP contribution in [0, 0.1) is 0 Å². The number of nitrogens with one attached hydrogen (secondary N) is 1. The lowest BCUT2D eigenvalue weighted by atomic mass is 10.2. The van der Waals surface area contributed by atoms with Gasteiger partial charge in [0.2, 0.25) is 0 Å². The molecule has 0 bridgehead atoms. The Morgan fingerprint density at radius 3 is 2.17 bits per heavy atom. The second kappa shape index (κ2) is 8.03. The van der Waals surface area contributed by atoms with E-state index in [1.807, 2.05) is 31.2 Å². The first-order valence-corrected chi connectivity index (χ1v) is 9.20. The van der Waals surface area contributed by atoms with Crippen molar-refractivity contribution in [1.29, 1.82) is 0 Å². The Labute approximate surface area is 147 Å². The van der Waals surface area contributed by atoms with Gasteiger partial charge in [-0.2, -0.15) is 0 Å². The van der Waals surface area contributed by atoms with Gasteiger partial charge in [-0.15, -0.1) is 0 Å². The number of benzene rings is 2. The molecule has 1 aliphatic rings. The van der Waals surface area contributed by atoms with Gasteiger partial charge in [-0.05, 0) is 30.7 Å². The maximum Gasteiger partial charge on any atom is 0.0843 e. The van der Waals surface area contributed by atoms with E-state index in [2.05, 4.69) is 34.5 Å². The first-order chi connectivity index (χ1) is 11.7. The summed E-state index contributed by atoms with van der Waals surface area (Å²) in [6.07, 6.45) is 0.324. The fraction of sp³-hybridized carbons (Fsp3) is 0.368. The number of β-amino-alcohol motifs (C(OH)–C–C–N with tert-alkyl or cyclic N) is 1. The molecule has 3 N–H and O–H groups in total. The zero-order valence-electron chi connectivity index (χ0n) is 13.9. The van der Waals surface area contributed by atoms with Crippen molar-refractivity contribution < 1.29 is 10.2 Å². The molecule has 2 atom stereocenters. The summed E-state index contributed by atoms with van der Waals surface area (Å²) in [7, 11) is 0. The third-order valence-corrected chi connectivity index (χ3v) is 5.41. The summed E-state index contributed by atoms with van der Waals surface area (Å²) in [5.74, 6) is 0. The van der Waals surface area contributed by atoms with E-state index in [1.165, 1.54) is 9.79 Å². The van der Waals surface area contributed by atoms with Crippen molar-refractivity contribution in [3.05, 3.63) is 48.5 Å². The number of hydrogen-bond donors (Lipinski definition) is 3. The Balaban J connectivity index is 1.77. The van der Waals surface area contributed by atoms with Gasteiger partial charge >= 0.3 is 0 Å². The molecule has 0 amide bonds. The van der Waals surface area contributed by atoms with Crippen LogP contribution in [0.1, 0.15) is 13.3 Å². The van der Waals surface area contributed by atoms with Gasteiger partial charge in [-0.25, -0.2) is 0 Å². The molecule has 0 saturated carbocycles. The summed E-state index contributed by atoms with van der Waals surface area (Å²) < 4.78 is 0. The highest BCUT2D eigenvalue weighted by atomic mass is 32.2. The van der Waals surface area contributed by atoms with Crippen LogP contribution in [-0.2, 0) is 0 Å². The highest BCUT2D eigenvalue weighted by Crippen LogP contribution is 2.47. The Hall–Kier alpha value is -1.53. The van der Waals surface area contributed by atoms with E-state index in [4.69, 9.17) is 0 Å². The van der Waals surface area contributed by atoms with Gasteiger partial charge in [-0.1, -0.05) is 43.0 Å². The first kappa shape index (κ1) is 17.3. The maximum absolute atomic E-state index is 10.5. The molecule has 128 valence electrons. The summed E-state index contributed by atoms with van der Waals surface area (Å²) in [4.78, 5) is 4.60. The molecular formula is C19H24N2O2S. The fourth-order valence-electron chi connectivity index (χ4n) is 2.89. The van der Waals surface area contributed by atoms with Crippen LogP contribution in [-0.4, -0.2) is 42.1 Å². The van der Waals surface area contributed by atoms with Crippen molar-refractivity contribution in [1.82, 2.24) is 5.32 Å². The normalized spacial score (nSPS) is 15.5. The Kier molecular flexibility index (Phi) is 5.79. The molecule has 2 aromatic carbocycles. The maximum atomic E-state index is 10.5. The van der Waals surface area contributed by atoms with Crippen molar-refractivity contribution in [3.63, 3.8) is 0 Å². The zero-order valence-corrected chi connectivity index (χ0v) is 14.7. The molecule has 0 aromatic heterocycles. The number of rotatable bonds is 7. The van der Waals surface area contributed by atoms with E-state index in [1.54, 1.807) is 11.8 Å². The Morgan fingerprint density at radius 2 is 1.62 bits per heavy atom. The number of fused-ring (bicyclic) bond motifs is 2. The molecule has 0 radical (unpaired) electrons. The molecule has 0 saturated heterocycles. The molecule has 0 fully saturated rings. The van der Waals surface area contributed by atoms with Gasteiger partial charge < -0.3 is 20.4 Å². The second-order valence-electron chi connectivity index (χ2n) is 6.00. The third kappa shape index (κ3) is 3.75. The van der Waals surface area contributed by atoms with E-state index in [9.17, 15) is 10.2 Å². The topological polar surface area (TPSA) is 55.7 Å². The average Bonchev–Trinajstić information content (AvgIpc) is 2.62. The molecule has 5 heteroatoms. The minimum Gasteiger partial charge on any atom is -0.395 e. The number of nitrogens with zero attached hydrogens (tertiary/aromatic N) is 1. The minimum atomic E-state index is -0.519. The molecular weight excluding hydrogens is 320 g/mol. The SMILES string of the molecule is CCC(CO)NCC(O)CN1c2ccccc2Sc2ccccc21. The number of anilines is 2. The average molecular weight is 344 g/mol. The largest absolute Gasteiger partial charge is 0.395 e. The van der Waals surface area contributed by atoms with Crippen LogP contribution in [0.4, 0.5) is 11.4 Å². The lowest BCUT2D eigenvalue weighted by Gasteiger charge is -2.34. The van der Waals surface area contributed by atoms with Crippen molar-refractivity contribution in [3.8, 4) is 0 Å². The monoisotopic (exact) mass is 344 g/mol. The third-order valence-electron chi connectivity index (χ3n) is 4.28. The summed E-state index contributed by atoms with van der Waals surface area (Å²) in [6.45, 7) is 3.10. The highest BCUT2D eigenvalue weighted by Gasteiger charge is 2.24. The van der Waals surface area contributed by atoms with Crippen LogP contribution in [0.25, 0.3) is 0 Å². The Morgan fingerprint density at radius 1 is 1.04 bits per heavy atom. The van der Waals surface area contributed by atoms with E-state index in [-0.39, 0.29) is 12.6 Å². The minimum absolute atomic E-state index is 0.0381. The van der Waals surface area contributed by atoms with E-state index < -0.39 is 6.10 Å². The predicted molar refractivity (Wildman–Crippen MR) is 99.2 cm³/mol. The number of para-hydroxylation sites is 2. The van der Waals surface area contributed by atoms with Crippen LogP contribution < -0.4 is 10.2 Å². The van der Waals surface area contributed by atoms with Gasteiger partial charge in [0.05, 0.1) is 30.6 Å². The molecule has 1 heterocycles. The van der Waals surface area contributed by atoms with E-state index >= 15 is 0 Å². The summed E-state index contributed by atoms with van der Waals surface area (Å²) >= 11 is 1.77. The van der Waals surface area contributed by atoms with E-state index in [0.717, 1.165) is 17.8 Å².